The fourth-order valence-electron chi connectivity index (χ4n) is 3.04. The Morgan fingerprint density at radius 2 is 1.58 bits per heavy atom. The lowest BCUT2D eigenvalue weighted by Gasteiger charge is -2.19. The second-order valence-corrected chi connectivity index (χ2v) is 6.00. The van der Waals surface area contributed by atoms with E-state index in [0.717, 1.165) is 11.6 Å². The van der Waals surface area contributed by atoms with Crippen molar-refractivity contribution in [3.8, 4) is 0 Å². The van der Waals surface area contributed by atoms with Crippen LogP contribution in [0.25, 0.3) is 0 Å². The monoisotopic (exact) mass is 260 g/mol. The van der Waals surface area contributed by atoms with Gasteiger partial charge in [0.25, 0.3) is 0 Å². The molecular weight excluding hydrogens is 236 g/mol. The summed E-state index contributed by atoms with van der Waals surface area (Å²) in [7, 11) is 0. The summed E-state index contributed by atoms with van der Waals surface area (Å²) in [5.41, 5.74) is 3.90. The van der Waals surface area contributed by atoms with E-state index in [1.165, 1.54) is 63.5 Å². The second kappa shape index (κ2) is 5.87. The van der Waals surface area contributed by atoms with Crippen LogP contribution in [-0.4, -0.2) is 9.97 Å². The maximum Gasteiger partial charge on any atom is 0.143 e. The number of nitrogen functional groups attached to an aromatic ring is 1. The predicted molar refractivity (Wildman–Crippen MR) is 76.9 cm³/mol. The molecule has 4 nitrogen and oxygen atoms in total. The Bertz CT molecular complexity index is 420. The fraction of sp³-hybridized carbons (Fsp3) is 0.733. The lowest BCUT2D eigenvalue weighted by Crippen LogP contribution is -2.14. The zero-order chi connectivity index (χ0) is 13.1. The molecule has 2 saturated carbocycles. The molecule has 2 aliphatic rings. The zero-order valence-electron chi connectivity index (χ0n) is 11.6. The van der Waals surface area contributed by atoms with Gasteiger partial charge in [-0.2, -0.15) is 0 Å². The number of rotatable bonds is 3. The van der Waals surface area contributed by atoms with Gasteiger partial charge in [0.15, 0.2) is 0 Å². The molecule has 19 heavy (non-hydrogen) atoms. The number of nitrogens with zero attached hydrogens (tertiary/aromatic N) is 2. The molecular formula is C15H24N4. The maximum absolute atomic E-state index is 5.55. The van der Waals surface area contributed by atoms with Crippen LogP contribution in [-0.2, 0) is 0 Å². The number of nitrogens with two attached hydrogens (primary N) is 1. The highest BCUT2D eigenvalue weighted by molar-refractivity contribution is 5.37. The topological polar surface area (TPSA) is 63.8 Å². The minimum Gasteiger partial charge on any atom is -0.308 e. The molecule has 2 fully saturated rings. The Morgan fingerprint density at radius 3 is 2.21 bits per heavy atom. The van der Waals surface area contributed by atoms with Crippen LogP contribution in [0.2, 0.25) is 0 Å². The largest absolute Gasteiger partial charge is 0.308 e. The molecule has 3 rings (SSSR count). The van der Waals surface area contributed by atoms with Crippen molar-refractivity contribution in [1.29, 1.82) is 0 Å². The van der Waals surface area contributed by atoms with E-state index in [2.05, 4.69) is 10.4 Å². The average molecular weight is 260 g/mol. The highest BCUT2D eigenvalue weighted by Crippen LogP contribution is 2.40. The van der Waals surface area contributed by atoms with Crippen molar-refractivity contribution in [2.24, 2.45) is 5.84 Å². The van der Waals surface area contributed by atoms with Crippen molar-refractivity contribution < 1.29 is 0 Å². The van der Waals surface area contributed by atoms with Gasteiger partial charge in [-0.25, -0.2) is 15.8 Å². The van der Waals surface area contributed by atoms with Gasteiger partial charge < -0.3 is 5.43 Å². The van der Waals surface area contributed by atoms with Crippen molar-refractivity contribution in [3.63, 3.8) is 0 Å². The first kappa shape index (κ1) is 12.9. The van der Waals surface area contributed by atoms with E-state index in [1.54, 1.807) is 0 Å². The van der Waals surface area contributed by atoms with Crippen LogP contribution >= 0.6 is 0 Å². The molecule has 3 N–H and O–H groups in total. The third-order valence-electron chi connectivity index (χ3n) is 4.38. The quantitative estimate of drug-likeness (QED) is 0.645. The number of nitrogens with one attached hydrogen (secondary N) is 1. The van der Waals surface area contributed by atoms with Gasteiger partial charge in [0.05, 0.1) is 0 Å². The van der Waals surface area contributed by atoms with Gasteiger partial charge in [-0.15, -0.1) is 0 Å². The first-order chi connectivity index (χ1) is 9.36. The molecule has 0 bridgehead atoms. The minimum absolute atomic E-state index is 0.533. The van der Waals surface area contributed by atoms with Crippen molar-refractivity contribution in [1.82, 2.24) is 9.97 Å². The molecule has 0 aliphatic heterocycles. The lowest BCUT2D eigenvalue weighted by molar-refractivity contribution is 0.441. The minimum atomic E-state index is 0.533. The van der Waals surface area contributed by atoms with Gasteiger partial charge >= 0.3 is 0 Å². The third-order valence-corrected chi connectivity index (χ3v) is 4.38. The van der Waals surface area contributed by atoms with Gasteiger partial charge in [0.1, 0.15) is 11.6 Å². The van der Waals surface area contributed by atoms with E-state index in [9.17, 15) is 0 Å². The Labute approximate surface area is 115 Å². The number of aromatic nitrogens is 2. The highest BCUT2D eigenvalue weighted by Gasteiger charge is 2.27. The van der Waals surface area contributed by atoms with Gasteiger partial charge in [0.2, 0.25) is 0 Å². The molecule has 0 amide bonds. The normalized spacial score (nSPS) is 21.7. The molecule has 1 aromatic rings. The van der Waals surface area contributed by atoms with Crippen LogP contribution in [0.5, 0.6) is 0 Å². The standard InChI is InChI=1S/C15H24N4/c16-19-14-10-13(11-8-9-11)17-15(18-14)12-6-4-2-1-3-5-7-12/h10-12H,1-9,16H2,(H,17,18,19). The zero-order valence-corrected chi connectivity index (χ0v) is 11.6. The Balaban J connectivity index is 1.82. The highest BCUT2D eigenvalue weighted by atomic mass is 15.3. The van der Waals surface area contributed by atoms with Crippen LogP contribution in [0, 0.1) is 0 Å². The molecule has 0 atom stereocenters. The van der Waals surface area contributed by atoms with Crippen molar-refractivity contribution in [2.45, 2.75) is 69.6 Å². The number of anilines is 1. The van der Waals surface area contributed by atoms with Crippen molar-refractivity contribution in [3.05, 3.63) is 17.6 Å². The molecule has 2 aliphatic carbocycles. The Morgan fingerprint density at radius 1 is 0.895 bits per heavy atom. The summed E-state index contributed by atoms with van der Waals surface area (Å²) in [5, 5.41) is 0. The van der Waals surface area contributed by atoms with Gasteiger partial charge in [-0.05, 0) is 25.7 Å². The third kappa shape index (κ3) is 3.24. The van der Waals surface area contributed by atoms with E-state index >= 15 is 0 Å². The molecule has 0 radical (unpaired) electrons. The summed E-state index contributed by atoms with van der Waals surface area (Å²) in [6.07, 6.45) is 11.7. The molecule has 0 aromatic carbocycles. The van der Waals surface area contributed by atoms with Crippen LogP contribution in [0.1, 0.15) is 81.1 Å². The van der Waals surface area contributed by atoms with E-state index < -0.39 is 0 Å². The number of hydrogen-bond acceptors (Lipinski definition) is 4. The van der Waals surface area contributed by atoms with Gasteiger partial charge in [0, 0.05) is 23.6 Å². The second-order valence-electron chi connectivity index (χ2n) is 6.00. The van der Waals surface area contributed by atoms with E-state index in [0.29, 0.717) is 11.8 Å². The molecule has 0 unspecified atom stereocenters. The predicted octanol–water partition coefficient (Wildman–Crippen LogP) is 3.47. The average Bonchev–Trinajstić information content (AvgIpc) is 3.22. The van der Waals surface area contributed by atoms with Crippen LogP contribution in [0.3, 0.4) is 0 Å². The summed E-state index contributed by atoms with van der Waals surface area (Å²) in [6.45, 7) is 0. The first-order valence-electron chi connectivity index (χ1n) is 7.72. The van der Waals surface area contributed by atoms with Crippen molar-refractivity contribution >= 4 is 5.82 Å². The maximum atomic E-state index is 5.55. The molecule has 4 heteroatoms. The lowest BCUT2D eigenvalue weighted by atomic mass is 9.90. The first-order valence-corrected chi connectivity index (χ1v) is 7.72. The fourth-order valence-corrected chi connectivity index (χ4v) is 3.04. The molecule has 0 saturated heterocycles. The molecule has 104 valence electrons. The summed E-state index contributed by atoms with van der Waals surface area (Å²) in [5.74, 6) is 8.55. The summed E-state index contributed by atoms with van der Waals surface area (Å²) < 4.78 is 0. The Hall–Kier alpha value is -1.16. The number of hydrazine groups is 1. The van der Waals surface area contributed by atoms with Crippen LogP contribution < -0.4 is 11.3 Å². The van der Waals surface area contributed by atoms with Crippen molar-refractivity contribution in [2.75, 3.05) is 5.43 Å². The van der Waals surface area contributed by atoms with E-state index in [-0.39, 0.29) is 0 Å². The molecule has 1 aromatic heterocycles. The SMILES string of the molecule is NNc1cc(C2CC2)nc(C2CCCCCCC2)n1. The van der Waals surface area contributed by atoms with Gasteiger partial charge in [-0.3, -0.25) is 0 Å². The molecule has 1 heterocycles. The van der Waals surface area contributed by atoms with E-state index in [4.69, 9.17) is 10.8 Å². The number of hydrogen-bond donors (Lipinski definition) is 2. The molecule has 0 spiro atoms. The van der Waals surface area contributed by atoms with Crippen LogP contribution in [0.4, 0.5) is 5.82 Å². The summed E-state index contributed by atoms with van der Waals surface area (Å²) in [6, 6.07) is 2.02. The van der Waals surface area contributed by atoms with Crippen LogP contribution in [0.15, 0.2) is 6.07 Å². The summed E-state index contributed by atoms with van der Waals surface area (Å²) in [4.78, 5) is 9.44. The van der Waals surface area contributed by atoms with Gasteiger partial charge in [-0.1, -0.05) is 32.1 Å². The smallest absolute Gasteiger partial charge is 0.143 e. The van der Waals surface area contributed by atoms with E-state index in [1.807, 2.05) is 6.07 Å². The Kier molecular flexibility index (Phi) is 3.97. The summed E-state index contributed by atoms with van der Waals surface area (Å²) >= 11 is 0.